The van der Waals surface area contributed by atoms with Crippen molar-refractivity contribution in [2.24, 2.45) is 0 Å². The quantitative estimate of drug-likeness (QED) is 0.691. The van der Waals surface area contributed by atoms with Crippen molar-refractivity contribution < 1.29 is 24.1 Å². The van der Waals surface area contributed by atoms with Gasteiger partial charge in [0, 0.05) is 18.1 Å². The third-order valence-electron chi connectivity index (χ3n) is 4.40. The first kappa shape index (κ1) is 15.2. The van der Waals surface area contributed by atoms with Gasteiger partial charge < -0.3 is 19.3 Å². The summed E-state index contributed by atoms with van der Waals surface area (Å²) in [4.78, 5) is 11.4. The molecule has 0 saturated carbocycles. The van der Waals surface area contributed by atoms with Gasteiger partial charge in [-0.1, -0.05) is 42.5 Å². The molecule has 0 aromatic heterocycles. The van der Waals surface area contributed by atoms with Gasteiger partial charge in [-0.3, -0.25) is 4.79 Å². The fraction of sp³-hybridized carbons (Fsp3) is 0.316. The zero-order valence-electron chi connectivity index (χ0n) is 13.2. The van der Waals surface area contributed by atoms with Crippen LogP contribution in [0, 0.1) is 0 Å². The first-order valence-corrected chi connectivity index (χ1v) is 7.95. The molecule has 1 N–H and O–H groups in total. The summed E-state index contributed by atoms with van der Waals surface area (Å²) in [5.74, 6) is 0.224. The summed E-state index contributed by atoms with van der Waals surface area (Å²) in [7, 11) is 0. The third-order valence-corrected chi connectivity index (χ3v) is 4.40. The van der Waals surface area contributed by atoms with Gasteiger partial charge in [0.05, 0.1) is 0 Å². The van der Waals surface area contributed by atoms with Gasteiger partial charge in [0.25, 0.3) is 0 Å². The standard InChI is InChI=1S/C19H18O5/c1-11(20)23-17-13-8-5-9-14(15(13)16(21)18-19(17)24-18)22-10-12-6-3-2-4-7-12/h2-9,16-19,21H,10H2,1H3/t16-,17+,18-,19+/m1/s1. The molecule has 0 radical (unpaired) electrons. The number of rotatable bonds is 4. The van der Waals surface area contributed by atoms with Crippen molar-refractivity contribution in [3.05, 3.63) is 65.2 Å². The van der Waals surface area contributed by atoms with Crippen LogP contribution >= 0.6 is 0 Å². The minimum atomic E-state index is -0.774. The van der Waals surface area contributed by atoms with E-state index in [1.54, 1.807) is 0 Å². The van der Waals surface area contributed by atoms with E-state index in [1.807, 2.05) is 48.5 Å². The van der Waals surface area contributed by atoms with Gasteiger partial charge >= 0.3 is 5.97 Å². The minimum absolute atomic E-state index is 0.277. The summed E-state index contributed by atoms with van der Waals surface area (Å²) >= 11 is 0. The molecule has 5 heteroatoms. The topological polar surface area (TPSA) is 68.3 Å². The molecule has 0 spiro atoms. The highest BCUT2D eigenvalue weighted by Crippen LogP contribution is 2.52. The number of carbonyl (C=O) groups is 1. The molecule has 1 fully saturated rings. The van der Waals surface area contributed by atoms with Crippen molar-refractivity contribution in [2.45, 2.75) is 37.9 Å². The third kappa shape index (κ3) is 2.66. The summed E-state index contributed by atoms with van der Waals surface area (Å²) in [5.41, 5.74) is 2.44. The first-order chi connectivity index (χ1) is 11.6. The lowest BCUT2D eigenvalue weighted by Gasteiger charge is -2.27. The maximum atomic E-state index is 11.4. The van der Waals surface area contributed by atoms with Crippen molar-refractivity contribution in [1.29, 1.82) is 0 Å². The normalized spacial score (nSPS) is 26.9. The summed E-state index contributed by atoms with van der Waals surface area (Å²) in [5, 5.41) is 10.6. The maximum Gasteiger partial charge on any atom is 0.303 e. The van der Waals surface area contributed by atoms with Crippen molar-refractivity contribution in [3.63, 3.8) is 0 Å². The molecule has 1 saturated heterocycles. The summed E-state index contributed by atoms with van der Waals surface area (Å²) in [6.07, 6.45) is -1.89. The van der Waals surface area contributed by atoms with E-state index in [2.05, 4.69) is 0 Å². The molecular formula is C19H18O5. The molecule has 1 aliphatic heterocycles. The predicted molar refractivity (Wildman–Crippen MR) is 85.3 cm³/mol. The van der Waals surface area contributed by atoms with E-state index in [1.165, 1.54) is 6.92 Å². The molecule has 2 aliphatic rings. The SMILES string of the molecule is CC(=O)O[C@H]1c2cccc(OCc3ccccc3)c2[C@@H](O)[C@H]2O[C@H]21. The van der Waals surface area contributed by atoms with Crippen LogP contribution in [0.15, 0.2) is 48.5 Å². The number of fused-ring (bicyclic) bond motifs is 2. The number of hydrogen-bond acceptors (Lipinski definition) is 5. The molecular weight excluding hydrogens is 308 g/mol. The second kappa shape index (κ2) is 5.92. The van der Waals surface area contributed by atoms with Crippen LogP contribution in [-0.2, 0) is 20.9 Å². The molecule has 0 bridgehead atoms. The van der Waals surface area contributed by atoms with Gasteiger partial charge in [-0.2, -0.15) is 0 Å². The Morgan fingerprint density at radius 3 is 2.67 bits per heavy atom. The summed E-state index contributed by atoms with van der Waals surface area (Å²) < 4.78 is 16.9. The smallest absolute Gasteiger partial charge is 0.303 e. The Morgan fingerprint density at radius 1 is 1.12 bits per heavy atom. The lowest BCUT2D eigenvalue weighted by molar-refractivity contribution is -0.148. The van der Waals surface area contributed by atoms with Crippen molar-refractivity contribution in [2.75, 3.05) is 0 Å². The van der Waals surface area contributed by atoms with E-state index in [4.69, 9.17) is 14.2 Å². The molecule has 124 valence electrons. The minimum Gasteiger partial charge on any atom is -0.489 e. The number of ether oxygens (including phenoxy) is 3. The van der Waals surface area contributed by atoms with E-state index in [0.29, 0.717) is 17.9 Å². The first-order valence-electron chi connectivity index (χ1n) is 7.95. The Hall–Kier alpha value is -2.37. The molecule has 4 atom stereocenters. The van der Waals surface area contributed by atoms with Gasteiger partial charge in [0.2, 0.25) is 0 Å². The van der Waals surface area contributed by atoms with Crippen LogP contribution in [0.4, 0.5) is 0 Å². The van der Waals surface area contributed by atoms with Gasteiger partial charge in [-0.25, -0.2) is 0 Å². The average molecular weight is 326 g/mol. The Labute approximate surface area is 139 Å². The van der Waals surface area contributed by atoms with Crippen LogP contribution in [-0.4, -0.2) is 23.3 Å². The number of esters is 1. The Balaban J connectivity index is 1.64. The van der Waals surface area contributed by atoms with Crippen LogP contribution < -0.4 is 4.74 Å². The maximum absolute atomic E-state index is 11.4. The molecule has 1 heterocycles. The van der Waals surface area contributed by atoms with Gasteiger partial charge in [-0.05, 0) is 11.6 Å². The van der Waals surface area contributed by atoms with E-state index in [0.717, 1.165) is 11.1 Å². The molecule has 4 rings (SSSR count). The van der Waals surface area contributed by atoms with E-state index >= 15 is 0 Å². The fourth-order valence-corrected chi connectivity index (χ4v) is 3.27. The highest BCUT2D eigenvalue weighted by molar-refractivity contribution is 5.67. The van der Waals surface area contributed by atoms with Crippen LogP contribution in [0.1, 0.15) is 35.8 Å². The molecule has 2 aromatic rings. The molecule has 1 aliphatic carbocycles. The van der Waals surface area contributed by atoms with Crippen molar-refractivity contribution >= 4 is 5.97 Å². The highest BCUT2D eigenvalue weighted by atomic mass is 16.6. The van der Waals surface area contributed by atoms with Crippen LogP contribution in [0.5, 0.6) is 5.75 Å². The fourth-order valence-electron chi connectivity index (χ4n) is 3.27. The summed E-state index contributed by atoms with van der Waals surface area (Å²) in [6, 6.07) is 15.3. The zero-order valence-corrected chi connectivity index (χ0v) is 13.2. The van der Waals surface area contributed by atoms with Crippen LogP contribution in [0.2, 0.25) is 0 Å². The van der Waals surface area contributed by atoms with E-state index in [9.17, 15) is 9.90 Å². The van der Waals surface area contributed by atoms with E-state index < -0.39 is 12.2 Å². The number of aliphatic hydroxyl groups excluding tert-OH is 1. The highest BCUT2D eigenvalue weighted by Gasteiger charge is 2.57. The average Bonchev–Trinajstić information content (AvgIpc) is 3.38. The monoisotopic (exact) mass is 326 g/mol. The molecule has 0 unspecified atom stereocenters. The van der Waals surface area contributed by atoms with E-state index in [-0.39, 0.29) is 18.2 Å². The van der Waals surface area contributed by atoms with Gasteiger partial charge in [0.1, 0.15) is 30.7 Å². The molecule has 0 amide bonds. The zero-order chi connectivity index (χ0) is 16.7. The van der Waals surface area contributed by atoms with Crippen LogP contribution in [0.3, 0.4) is 0 Å². The lowest BCUT2D eigenvalue weighted by atomic mass is 9.86. The van der Waals surface area contributed by atoms with Crippen LogP contribution in [0.25, 0.3) is 0 Å². The molecule has 5 nitrogen and oxygen atoms in total. The number of benzene rings is 2. The van der Waals surface area contributed by atoms with Gasteiger partial charge in [0.15, 0.2) is 6.10 Å². The lowest BCUT2D eigenvalue weighted by Crippen LogP contribution is -2.26. The Morgan fingerprint density at radius 2 is 1.92 bits per heavy atom. The largest absolute Gasteiger partial charge is 0.489 e. The predicted octanol–water partition coefficient (Wildman–Crippen LogP) is 2.68. The number of carbonyl (C=O) groups excluding carboxylic acids is 1. The second-order valence-corrected chi connectivity index (χ2v) is 6.07. The van der Waals surface area contributed by atoms with Crippen molar-refractivity contribution in [3.8, 4) is 5.75 Å². The molecule has 24 heavy (non-hydrogen) atoms. The number of aliphatic hydroxyl groups is 1. The van der Waals surface area contributed by atoms with Crippen molar-refractivity contribution in [1.82, 2.24) is 0 Å². The summed E-state index contributed by atoms with van der Waals surface area (Å²) in [6.45, 7) is 1.77. The second-order valence-electron chi connectivity index (χ2n) is 6.07. The number of hydrogen-bond donors (Lipinski definition) is 1. The van der Waals surface area contributed by atoms with Gasteiger partial charge in [-0.15, -0.1) is 0 Å². The Bertz CT molecular complexity index is 758. The Kier molecular flexibility index (Phi) is 3.75. The number of epoxide rings is 1. The molecule has 2 aromatic carbocycles.